The second-order valence-electron chi connectivity index (χ2n) is 8.13. The third kappa shape index (κ3) is 6.64. The Bertz CT molecular complexity index is 900. The summed E-state index contributed by atoms with van der Waals surface area (Å²) in [6, 6.07) is 16.5. The predicted octanol–water partition coefficient (Wildman–Crippen LogP) is 4.54. The number of hydrogen-bond donors (Lipinski definition) is 2. The number of thioether (sulfide) groups is 1. The van der Waals surface area contributed by atoms with E-state index in [1.807, 2.05) is 56.3 Å². The van der Waals surface area contributed by atoms with Crippen molar-refractivity contribution in [3.8, 4) is 0 Å². The number of hydrogen-bond acceptors (Lipinski definition) is 5. The lowest BCUT2D eigenvalue weighted by Crippen LogP contribution is -2.52. The minimum absolute atomic E-state index is 0.133. The maximum Gasteiger partial charge on any atom is 0.408 e. The molecule has 2 amide bonds. The predicted molar refractivity (Wildman–Crippen MR) is 127 cm³/mol. The zero-order valence-electron chi connectivity index (χ0n) is 18.3. The zero-order chi connectivity index (χ0) is 23.1. The van der Waals surface area contributed by atoms with E-state index in [-0.39, 0.29) is 17.8 Å². The van der Waals surface area contributed by atoms with Gasteiger partial charge in [-0.2, -0.15) is 0 Å². The molecule has 8 heteroatoms. The van der Waals surface area contributed by atoms with Crippen LogP contribution in [0.2, 0.25) is 5.02 Å². The number of aliphatic hydroxyl groups is 1. The normalized spacial score (nSPS) is 16.5. The van der Waals surface area contributed by atoms with Gasteiger partial charge in [-0.1, -0.05) is 67.9 Å². The number of carbonyl (C=O) groups is 2. The lowest BCUT2D eigenvalue weighted by molar-refractivity contribution is -0.135. The minimum Gasteiger partial charge on any atom is -0.445 e. The molecule has 172 valence electrons. The number of ether oxygens (including phenoxy) is 1. The summed E-state index contributed by atoms with van der Waals surface area (Å²) in [4.78, 5) is 27.2. The molecule has 0 radical (unpaired) electrons. The highest BCUT2D eigenvalue weighted by atomic mass is 35.5. The topological polar surface area (TPSA) is 78.9 Å². The van der Waals surface area contributed by atoms with Gasteiger partial charge in [-0.05, 0) is 36.1 Å². The molecule has 0 saturated carbocycles. The molecule has 2 aromatic rings. The van der Waals surface area contributed by atoms with Crippen LogP contribution < -0.4 is 5.32 Å². The number of amides is 2. The third-order valence-corrected chi connectivity index (χ3v) is 6.77. The van der Waals surface area contributed by atoms with Crippen LogP contribution in [0.4, 0.5) is 4.79 Å². The minimum atomic E-state index is -0.996. The molecule has 32 heavy (non-hydrogen) atoms. The van der Waals surface area contributed by atoms with Crippen molar-refractivity contribution in [3.63, 3.8) is 0 Å². The van der Waals surface area contributed by atoms with Gasteiger partial charge in [0.05, 0.1) is 5.60 Å². The molecular formula is C24H29ClN2O4S. The highest BCUT2D eigenvalue weighted by molar-refractivity contribution is 8.01. The van der Waals surface area contributed by atoms with E-state index in [2.05, 4.69) is 5.32 Å². The van der Waals surface area contributed by atoms with E-state index in [4.69, 9.17) is 16.3 Å². The molecule has 1 unspecified atom stereocenters. The van der Waals surface area contributed by atoms with E-state index < -0.39 is 17.1 Å². The lowest BCUT2D eigenvalue weighted by atomic mass is 9.84. The first-order valence-corrected chi connectivity index (χ1v) is 12.0. The van der Waals surface area contributed by atoms with E-state index in [1.165, 1.54) is 11.8 Å². The van der Waals surface area contributed by atoms with Crippen LogP contribution in [0.3, 0.4) is 0 Å². The Morgan fingerprint density at radius 1 is 1.12 bits per heavy atom. The number of piperidine rings is 1. The standard InChI is InChI=1S/C24H29ClN2O4S/c1-17(2)32-21(26-23(29)31-16-18-6-4-3-5-7-18)22(28)27-14-12-24(30,13-15-27)19-8-10-20(25)11-9-19/h3-11,17,21,30H,12-16H2,1-2H3,(H,26,29). The zero-order valence-corrected chi connectivity index (χ0v) is 19.9. The third-order valence-electron chi connectivity index (χ3n) is 5.38. The average molecular weight is 477 g/mol. The van der Waals surface area contributed by atoms with Gasteiger partial charge in [0.1, 0.15) is 6.61 Å². The van der Waals surface area contributed by atoms with Crippen molar-refractivity contribution in [2.45, 2.75) is 49.5 Å². The van der Waals surface area contributed by atoms with Gasteiger partial charge in [0.2, 0.25) is 0 Å². The molecule has 0 aliphatic carbocycles. The Morgan fingerprint density at radius 3 is 2.34 bits per heavy atom. The summed E-state index contributed by atoms with van der Waals surface area (Å²) in [7, 11) is 0. The second-order valence-corrected chi connectivity index (χ2v) is 10.3. The van der Waals surface area contributed by atoms with Crippen LogP contribution >= 0.6 is 23.4 Å². The molecule has 1 fully saturated rings. The Morgan fingerprint density at radius 2 is 1.75 bits per heavy atom. The van der Waals surface area contributed by atoms with Crippen molar-refractivity contribution < 1.29 is 19.4 Å². The number of nitrogens with one attached hydrogen (secondary N) is 1. The number of carbonyl (C=O) groups excluding carboxylic acids is 2. The average Bonchev–Trinajstić information content (AvgIpc) is 2.78. The van der Waals surface area contributed by atoms with Crippen LogP contribution in [0, 0.1) is 0 Å². The number of rotatable bonds is 7. The number of halogens is 1. The fourth-order valence-electron chi connectivity index (χ4n) is 3.61. The van der Waals surface area contributed by atoms with Crippen LogP contribution in [0.25, 0.3) is 0 Å². The van der Waals surface area contributed by atoms with Crippen molar-refractivity contribution in [2.75, 3.05) is 13.1 Å². The number of likely N-dealkylation sites (tertiary alicyclic amines) is 1. The highest BCUT2D eigenvalue weighted by Gasteiger charge is 2.37. The Hall–Kier alpha value is -2.22. The highest BCUT2D eigenvalue weighted by Crippen LogP contribution is 2.34. The van der Waals surface area contributed by atoms with Gasteiger partial charge < -0.3 is 20.1 Å². The van der Waals surface area contributed by atoms with Crippen molar-refractivity contribution in [2.24, 2.45) is 0 Å². The molecule has 6 nitrogen and oxygen atoms in total. The van der Waals surface area contributed by atoms with E-state index in [1.54, 1.807) is 17.0 Å². The van der Waals surface area contributed by atoms with Gasteiger partial charge in [0.25, 0.3) is 5.91 Å². The summed E-state index contributed by atoms with van der Waals surface area (Å²) in [6.45, 7) is 4.87. The molecule has 1 heterocycles. The molecule has 0 bridgehead atoms. The van der Waals surface area contributed by atoms with Crippen LogP contribution in [0.15, 0.2) is 54.6 Å². The lowest BCUT2D eigenvalue weighted by Gasteiger charge is -2.39. The van der Waals surface area contributed by atoms with Crippen molar-refractivity contribution in [1.29, 1.82) is 0 Å². The van der Waals surface area contributed by atoms with Gasteiger partial charge in [0, 0.05) is 23.4 Å². The summed E-state index contributed by atoms with van der Waals surface area (Å²) >= 11 is 7.32. The van der Waals surface area contributed by atoms with E-state index in [0.29, 0.717) is 31.0 Å². The van der Waals surface area contributed by atoms with E-state index in [9.17, 15) is 14.7 Å². The van der Waals surface area contributed by atoms with Gasteiger partial charge >= 0.3 is 6.09 Å². The molecule has 2 N–H and O–H groups in total. The monoisotopic (exact) mass is 476 g/mol. The van der Waals surface area contributed by atoms with Crippen LogP contribution in [-0.4, -0.2) is 45.7 Å². The van der Waals surface area contributed by atoms with Gasteiger partial charge in [-0.15, -0.1) is 11.8 Å². The molecule has 0 spiro atoms. The SMILES string of the molecule is CC(C)SC(NC(=O)OCc1ccccc1)C(=O)N1CCC(O)(c2ccc(Cl)cc2)CC1. The van der Waals surface area contributed by atoms with E-state index >= 15 is 0 Å². The second kappa shape index (κ2) is 11.1. The van der Waals surface area contributed by atoms with Crippen LogP contribution in [0.1, 0.15) is 37.8 Å². The van der Waals surface area contributed by atoms with Crippen LogP contribution in [-0.2, 0) is 21.7 Å². The largest absolute Gasteiger partial charge is 0.445 e. The Labute approximate surface area is 198 Å². The molecule has 3 rings (SSSR count). The van der Waals surface area contributed by atoms with E-state index in [0.717, 1.165) is 11.1 Å². The molecule has 1 aliphatic rings. The number of nitrogens with zero attached hydrogens (tertiary/aromatic N) is 1. The fourth-order valence-corrected chi connectivity index (χ4v) is 4.71. The number of alkyl carbamates (subject to hydrolysis) is 1. The summed E-state index contributed by atoms with van der Waals surface area (Å²) in [5.74, 6) is -0.182. The molecular weight excluding hydrogens is 448 g/mol. The summed E-state index contributed by atoms with van der Waals surface area (Å²) in [5.41, 5.74) is 0.675. The van der Waals surface area contributed by atoms with Crippen LogP contribution in [0.5, 0.6) is 0 Å². The molecule has 0 aromatic heterocycles. The molecule has 1 aliphatic heterocycles. The first kappa shape index (κ1) is 24.4. The smallest absolute Gasteiger partial charge is 0.408 e. The maximum atomic E-state index is 13.2. The van der Waals surface area contributed by atoms with Crippen molar-refractivity contribution >= 4 is 35.4 Å². The summed E-state index contributed by atoms with van der Waals surface area (Å²) < 4.78 is 5.29. The van der Waals surface area contributed by atoms with Gasteiger partial charge in [0.15, 0.2) is 5.37 Å². The summed E-state index contributed by atoms with van der Waals surface area (Å²) in [5, 5.41) is 13.8. The Kier molecular flexibility index (Phi) is 8.45. The maximum absolute atomic E-state index is 13.2. The molecule has 1 atom stereocenters. The Balaban J connectivity index is 1.58. The van der Waals surface area contributed by atoms with Crippen molar-refractivity contribution in [3.05, 3.63) is 70.7 Å². The first-order valence-electron chi connectivity index (χ1n) is 10.7. The molecule has 1 saturated heterocycles. The quantitative estimate of drug-likeness (QED) is 0.573. The van der Waals surface area contributed by atoms with Gasteiger partial charge in [-0.3, -0.25) is 4.79 Å². The summed E-state index contributed by atoms with van der Waals surface area (Å²) in [6.07, 6.45) is 0.200. The number of benzene rings is 2. The first-order chi connectivity index (χ1) is 15.3. The fraction of sp³-hybridized carbons (Fsp3) is 0.417. The van der Waals surface area contributed by atoms with Crippen molar-refractivity contribution in [1.82, 2.24) is 10.2 Å². The van der Waals surface area contributed by atoms with Gasteiger partial charge in [-0.25, -0.2) is 4.79 Å². The molecule has 2 aromatic carbocycles.